The molecule has 0 aliphatic carbocycles. The lowest BCUT2D eigenvalue weighted by molar-refractivity contribution is -0.114. The predicted molar refractivity (Wildman–Crippen MR) is 82.7 cm³/mol. The fourth-order valence-corrected chi connectivity index (χ4v) is 1.96. The molecule has 0 atom stereocenters. The first-order valence-electron chi connectivity index (χ1n) is 5.79. The van der Waals surface area contributed by atoms with Crippen molar-refractivity contribution in [3.63, 3.8) is 0 Å². The molecule has 0 aromatic heterocycles. The number of hydrogen-bond acceptors (Lipinski definition) is 2. The Morgan fingerprint density at radius 3 is 2.55 bits per heavy atom. The Morgan fingerprint density at radius 2 is 1.90 bits per heavy atom. The summed E-state index contributed by atoms with van der Waals surface area (Å²) in [6, 6.07) is 11.5. The molecule has 0 spiro atoms. The van der Waals surface area contributed by atoms with E-state index >= 15 is 0 Å². The smallest absolute Gasteiger partial charge is 0.243 e. The summed E-state index contributed by atoms with van der Waals surface area (Å²) in [5.74, 6) is -0.899. The molecule has 0 aliphatic rings. The number of hydrogen-bond donors (Lipinski definition) is 2. The van der Waals surface area contributed by atoms with Gasteiger partial charge in [0.05, 0.1) is 12.2 Å². The van der Waals surface area contributed by atoms with Crippen LogP contribution in [0.15, 0.2) is 46.9 Å². The number of amides is 1. The van der Waals surface area contributed by atoms with Crippen molar-refractivity contribution in [2.24, 2.45) is 0 Å². The molecule has 0 radical (unpaired) electrons. The Morgan fingerprint density at radius 1 is 1.20 bits per heavy atom. The summed E-state index contributed by atoms with van der Waals surface area (Å²) in [5, 5.41) is 5.70. The molecule has 20 heavy (non-hydrogen) atoms. The van der Waals surface area contributed by atoms with E-state index in [1.54, 1.807) is 0 Å². The minimum Gasteiger partial charge on any atom is -0.376 e. The Bertz CT molecular complexity index is 619. The van der Waals surface area contributed by atoms with Gasteiger partial charge in [0.15, 0.2) is 0 Å². The van der Waals surface area contributed by atoms with Crippen molar-refractivity contribution < 1.29 is 9.18 Å². The van der Waals surface area contributed by atoms with Gasteiger partial charge in [-0.3, -0.25) is 4.79 Å². The van der Waals surface area contributed by atoms with Crippen LogP contribution in [0, 0.1) is 5.82 Å². The number of rotatable bonds is 4. The Kier molecular flexibility index (Phi) is 4.98. The maximum Gasteiger partial charge on any atom is 0.243 e. The van der Waals surface area contributed by atoms with Gasteiger partial charge in [0.25, 0.3) is 0 Å². The molecule has 0 saturated carbocycles. The lowest BCUT2D eigenvalue weighted by Crippen LogP contribution is -2.22. The molecule has 2 N–H and O–H groups in total. The highest BCUT2D eigenvalue weighted by Crippen LogP contribution is 2.19. The third-order valence-corrected chi connectivity index (χ3v) is 3.27. The second kappa shape index (κ2) is 6.72. The second-order valence-corrected chi connectivity index (χ2v) is 5.38. The van der Waals surface area contributed by atoms with E-state index in [-0.39, 0.29) is 23.2 Å². The van der Waals surface area contributed by atoms with Crippen LogP contribution in [0.2, 0.25) is 5.02 Å². The molecule has 2 aromatic rings. The zero-order chi connectivity index (χ0) is 14.5. The third kappa shape index (κ3) is 4.21. The number of halogens is 3. The van der Waals surface area contributed by atoms with Gasteiger partial charge in [-0.05, 0) is 42.5 Å². The fourth-order valence-electron chi connectivity index (χ4n) is 1.54. The molecule has 0 bridgehead atoms. The topological polar surface area (TPSA) is 41.1 Å². The number of benzene rings is 2. The Labute approximate surface area is 129 Å². The number of carbonyl (C=O) groups is 1. The van der Waals surface area contributed by atoms with Gasteiger partial charge in [0, 0.05) is 15.2 Å². The highest BCUT2D eigenvalue weighted by molar-refractivity contribution is 9.10. The van der Waals surface area contributed by atoms with Crippen molar-refractivity contribution in [3.05, 3.63) is 57.8 Å². The normalized spacial score (nSPS) is 10.2. The molecule has 0 saturated heterocycles. The Balaban J connectivity index is 1.90. The zero-order valence-corrected chi connectivity index (χ0v) is 12.6. The van der Waals surface area contributed by atoms with Crippen molar-refractivity contribution in [1.82, 2.24) is 0 Å². The van der Waals surface area contributed by atoms with Gasteiger partial charge in [-0.2, -0.15) is 0 Å². The van der Waals surface area contributed by atoms with E-state index in [0.29, 0.717) is 0 Å². The summed E-state index contributed by atoms with van der Waals surface area (Å²) in [6.07, 6.45) is 0. The van der Waals surface area contributed by atoms with Gasteiger partial charge in [0.2, 0.25) is 5.91 Å². The average Bonchev–Trinajstić information content (AvgIpc) is 2.41. The van der Waals surface area contributed by atoms with E-state index in [9.17, 15) is 9.18 Å². The van der Waals surface area contributed by atoms with Crippen LogP contribution in [0.5, 0.6) is 0 Å². The summed E-state index contributed by atoms with van der Waals surface area (Å²) in [6.45, 7) is 0.0453. The summed E-state index contributed by atoms with van der Waals surface area (Å²) < 4.78 is 14.4. The van der Waals surface area contributed by atoms with Gasteiger partial charge in [0.1, 0.15) is 5.82 Å². The van der Waals surface area contributed by atoms with Crippen LogP contribution >= 0.6 is 27.5 Å². The molecule has 104 valence electrons. The molecule has 2 rings (SSSR count). The van der Waals surface area contributed by atoms with Gasteiger partial charge < -0.3 is 10.6 Å². The summed E-state index contributed by atoms with van der Waals surface area (Å²) in [4.78, 5) is 11.7. The molecule has 1 amide bonds. The summed E-state index contributed by atoms with van der Waals surface area (Å²) in [7, 11) is 0. The molecule has 0 heterocycles. The first kappa shape index (κ1) is 14.8. The van der Waals surface area contributed by atoms with Crippen LogP contribution in [0.4, 0.5) is 15.8 Å². The third-order valence-electron chi connectivity index (χ3n) is 2.50. The lowest BCUT2D eigenvalue weighted by Gasteiger charge is -2.08. The van der Waals surface area contributed by atoms with E-state index in [2.05, 4.69) is 26.6 Å². The van der Waals surface area contributed by atoms with E-state index in [1.807, 2.05) is 24.3 Å². The van der Waals surface area contributed by atoms with E-state index in [0.717, 1.165) is 16.2 Å². The van der Waals surface area contributed by atoms with Gasteiger partial charge in [-0.1, -0.05) is 27.5 Å². The highest BCUT2D eigenvalue weighted by atomic mass is 79.9. The fraction of sp³-hybridized carbons (Fsp3) is 0.0714. The maximum atomic E-state index is 13.5. The minimum atomic E-state index is -0.561. The van der Waals surface area contributed by atoms with E-state index in [4.69, 9.17) is 11.6 Å². The average molecular weight is 358 g/mol. The zero-order valence-electron chi connectivity index (χ0n) is 10.3. The highest BCUT2D eigenvalue weighted by Gasteiger charge is 2.07. The van der Waals surface area contributed by atoms with Crippen molar-refractivity contribution in [3.8, 4) is 0 Å². The van der Waals surface area contributed by atoms with E-state index < -0.39 is 5.82 Å². The van der Waals surface area contributed by atoms with Crippen LogP contribution in [0.1, 0.15) is 0 Å². The van der Waals surface area contributed by atoms with Gasteiger partial charge >= 0.3 is 0 Å². The first-order valence-corrected chi connectivity index (χ1v) is 6.96. The van der Waals surface area contributed by atoms with Crippen LogP contribution in [-0.2, 0) is 4.79 Å². The monoisotopic (exact) mass is 356 g/mol. The quantitative estimate of drug-likeness (QED) is 0.857. The molecule has 2 aromatic carbocycles. The van der Waals surface area contributed by atoms with Crippen molar-refractivity contribution in [2.75, 3.05) is 17.2 Å². The van der Waals surface area contributed by atoms with Gasteiger partial charge in [-0.25, -0.2) is 4.39 Å². The van der Waals surface area contributed by atoms with Crippen LogP contribution in [0.3, 0.4) is 0 Å². The molecule has 0 aliphatic heterocycles. The molecule has 0 unspecified atom stereocenters. The second-order valence-electron chi connectivity index (χ2n) is 4.03. The molecular formula is C14H11BrClFN2O. The van der Waals surface area contributed by atoms with Crippen LogP contribution < -0.4 is 10.6 Å². The number of nitrogens with one attached hydrogen (secondary N) is 2. The molecule has 6 heteroatoms. The number of carbonyl (C=O) groups excluding carboxylic acids is 1. The van der Waals surface area contributed by atoms with Crippen molar-refractivity contribution in [1.29, 1.82) is 0 Å². The molecule has 3 nitrogen and oxygen atoms in total. The van der Waals surface area contributed by atoms with Crippen LogP contribution in [0.25, 0.3) is 0 Å². The first-order chi connectivity index (χ1) is 9.54. The molecule has 0 fully saturated rings. The predicted octanol–water partition coefficient (Wildman–Crippen LogP) is 4.29. The Hall–Kier alpha value is -1.59. The summed E-state index contributed by atoms with van der Waals surface area (Å²) in [5.41, 5.74) is 0.914. The standard InChI is InChI=1S/C14H11BrClFN2O/c15-9-1-4-11(5-2-9)18-8-14(20)19-13-6-3-10(16)7-12(13)17/h1-7,18H,8H2,(H,19,20). The SMILES string of the molecule is O=C(CNc1ccc(Br)cc1)Nc1ccc(Cl)cc1F. The minimum absolute atomic E-state index is 0.0453. The van der Waals surface area contributed by atoms with Crippen molar-refractivity contribution >= 4 is 44.8 Å². The molecular weight excluding hydrogens is 347 g/mol. The lowest BCUT2D eigenvalue weighted by atomic mass is 10.3. The van der Waals surface area contributed by atoms with Gasteiger partial charge in [-0.15, -0.1) is 0 Å². The van der Waals surface area contributed by atoms with Crippen LogP contribution in [-0.4, -0.2) is 12.5 Å². The maximum absolute atomic E-state index is 13.5. The van der Waals surface area contributed by atoms with E-state index in [1.165, 1.54) is 12.1 Å². The van der Waals surface area contributed by atoms with Crippen molar-refractivity contribution in [2.45, 2.75) is 0 Å². The largest absolute Gasteiger partial charge is 0.376 e. The number of anilines is 2. The summed E-state index contributed by atoms with van der Waals surface area (Å²) >= 11 is 8.96.